The van der Waals surface area contributed by atoms with Crippen molar-refractivity contribution in [1.82, 2.24) is 9.29 Å². The van der Waals surface area contributed by atoms with Crippen molar-refractivity contribution in [3.63, 3.8) is 0 Å². The summed E-state index contributed by atoms with van der Waals surface area (Å²) >= 11 is 0. The molecule has 1 N–H and O–H groups in total. The molecule has 22 heavy (non-hydrogen) atoms. The number of ether oxygens (including phenoxy) is 2. The summed E-state index contributed by atoms with van der Waals surface area (Å²) in [5.41, 5.74) is -0.331. The van der Waals surface area contributed by atoms with Gasteiger partial charge < -0.3 is 14.0 Å². The first-order chi connectivity index (χ1) is 10.3. The number of sulfonamides is 1. The number of aldehydes is 1. The normalized spacial score (nSPS) is 11.0. The lowest BCUT2D eigenvalue weighted by molar-refractivity contribution is -0.139. The largest absolute Gasteiger partial charge is 0.468 e. The van der Waals surface area contributed by atoms with Crippen LogP contribution in [-0.4, -0.2) is 51.5 Å². The smallest absolute Gasteiger partial charge is 0.354 e. The van der Waals surface area contributed by atoms with Crippen molar-refractivity contribution in [1.29, 1.82) is 0 Å². The van der Waals surface area contributed by atoms with E-state index in [1.807, 2.05) is 4.72 Å². The standard InChI is InChI=1S/C12H16N2O7S/c1-4-21-12(17)8-5-10(9(7-15)14(8)2)22(18,19)13-6-11(16)20-3/h5,7,13H,4,6H2,1-3H3. The fourth-order valence-electron chi connectivity index (χ4n) is 1.65. The van der Waals surface area contributed by atoms with Gasteiger partial charge in [-0.2, -0.15) is 4.72 Å². The fourth-order valence-corrected chi connectivity index (χ4v) is 2.84. The molecule has 0 fully saturated rings. The van der Waals surface area contributed by atoms with Crippen molar-refractivity contribution >= 4 is 28.2 Å². The average molecular weight is 332 g/mol. The van der Waals surface area contributed by atoms with Crippen LogP contribution in [0.25, 0.3) is 0 Å². The molecule has 10 heteroatoms. The molecule has 0 aliphatic rings. The van der Waals surface area contributed by atoms with Crippen LogP contribution < -0.4 is 4.72 Å². The van der Waals surface area contributed by atoms with Crippen LogP contribution >= 0.6 is 0 Å². The second-order valence-electron chi connectivity index (χ2n) is 4.08. The molecular weight excluding hydrogens is 316 g/mol. The Morgan fingerprint density at radius 1 is 1.41 bits per heavy atom. The zero-order valence-corrected chi connectivity index (χ0v) is 13.1. The Kier molecular flexibility index (Phi) is 5.83. The molecule has 0 atom stereocenters. The lowest BCUT2D eigenvalue weighted by Crippen LogP contribution is -2.30. The first kappa shape index (κ1) is 17.9. The van der Waals surface area contributed by atoms with Gasteiger partial charge in [-0.3, -0.25) is 9.59 Å². The minimum atomic E-state index is -4.17. The minimum Gasteiger partial charge on any atom is -0.468 e. The third kappa shape index (κ3) is 3.71. The van der Waals surface area contributed by atoms with Gasteiger partial charge in [0, 0.05) is 7.05 Å². The van der Waals surface area contributed by atoms with Crippen LogP contribution in [0.3, 0.4) is 0 Å². The van der Waals surface area contributed by atoms with Gasteiger partial charge in [-0.25, -0.2) is 13.2 Å². The monoisotopic (exact) mass is 332 g/mol. The molecule has 0 unspecified atom stereocenters. The summed E-state index contributed by atoms with van der Waals surface area (Å²) in [7, 11) is -1.71. The number of methoxy groups -OCH3 is 1. The number of nitrogens with one attached hydrogen (secondary N) is 1. The summed E-state index contributed by atoms with van der Waals surface area (Å²) in [6.45, 7) is 1.10. The highest BCUT2D eigenvalue weighted by Crippen LogP contribution is 2.19. The summed E-state index contributed by atoms with van der Waals surface area (Å²) in [5, 5.41) is 0. The van der Waals surface area contributed by atoms with Gasteiger partial charge in [-0.15, -0.1) is 0 Å². The Balaban J connectivity index is 3.23. The van der Waals surface area contributed by atoms with E-state index in [1.54, 1.807) is 6.92 Å². The van der Waals surface area contributed by atoms with Crippen LogP contribution in [0.5, 0.6) is 0 Å². The highest BCUT2D eigenvalue weighted by Gasteiger charge is 2.27. The van der Waals surface area contributed by atoms with Gasteiger partial charge in [0.1, 0.15) is 22.8 Å². The molecule has 0 radical (unpaired) electrons. The SMILES string of the molecule is CCOC(=O)c1cc(S(=O)(=O)NCC(=O)OC)c(C=O)n1C. The Bertz CT molecular complexity index is 691. The van der Waals surface area contributed by atoms with Crippen molar-refractivity contribution in [3.8, 4) is 0 Å². The number of hydrogen-bond donors (Lipinski definition) is 1. The van der Waals surface area contributed by atoms with Gasteiger partial charge in [0.2, 0.25) is 10.0 Å². The van der Waals surface area contributed by atoms with Gasteiger partial charge in [-0.1, -0.05) is 0 Å². The predicted molar refractivity (Wildman–Crippen MR) is 74.0 cm³/mol. The van der Waals surface area contributed by atoms with Crippen LogP contribution in [0.1, 0.15) is 27.9 Å². The van der Waals surface area contributed by atoms with Crippen LogP contribution in [0.15, 0.2) is 11.0 Å². The number of aromatic nitrogens is 1. The van der Waals surface area contributed by atoms with Crippen LogP contribution in [-0.2, 0) is 31.3 Å². The Labute approximate surface area is 127 Å². The predicted octanol–water partition coefficient (Wildman–Crippen LogP) is -0.534. The number of carbonyl (C=O) groups is 3. The minimum absolute atomic E-state index is 0.0950. The summed E-state index contributed by atoms with van der Waals surface area (Å²) in [6, 6.07) is 1.02. The molecule has 0 bridgehead atoms. The molecular formula is C12H16N2O7S. The van der Waals surface area contributed by atoms with Crippen molar-refractivity contribution in [2.45, 2.75) is 11.8 Å². The molecule has 0 aliphatic carbocycles. The average Bonchev–Trinajstić information content (AvgIpc) is 2.82. The van der Waals surface area contributed by atoms with Gasteiger partial charge >= 0.3 is 11.9 Å². The van der Waals surface area contributed by atoms with Gasteiger partial charge in [0.15, 0.2) is 6.29 Å². The highest BCUT2D eigenvalue weighted by molar-refractivity contribution is 7.89. The molecule has 0 spiro atoms. The van der Waals surface area contributed by atoms with Crippen molar-refractivity contribution < 1.29 is 32.3 Å². The van der Waals surface area contributed by atoms with E-state index in [9.17, 15) is 22.8 Å². The van der Waals surface area contributed by atoms with E-state index in [4.69, 9.17) is 4.74 Å². The second-order valence-corrected chi connectivity index (χ2v) is 5.81. The van der Waals surface area contributed by atoms with E-state index in [2.05, 4.69) is 4.74 Å². The lowest BCUT2D eigenvalue weighted by atomic mass is 10.4. The molecule has 1 rings (SSSR count). The van der Waals surface area contributed by atoms with Crippen molar-refractivity contribution in [3.05, 3.63) is 17.5 Å². The summed E-state index contributed by atoms with van der Waals surface area (Å²) in [4.78, 5) is 33.5. The van der Waals surface area contributed by atoms with E-state index < -0.39 is 33.4 Å². The number of carbonyl (C=O) groups excluding carboxylic acids is 3. The molecule has 1 heterocycles. The molecule has 9 nitrogen and oxygen atoms in total. The first-order valence-electron chi connectivity index (χ1n) is 6.17. The third-order valence-electron chi connectivity index (χ3n) is 2.76. The molecule has 122 valence electrons. The zero-order valence-electron chi connectivity index (χ0n) is 12.3. The molecule has 0 saturated carbocycles. The van der Waals surface area contributed by atoms with Gasteiger partial charge in [0.25, 0.3) is 0 Å². The number of esters is 2. The summed E-state index contributed by atoms with van der Waals surface area (Å²) < 4.78 is 36.5. The fraction of sp³-hybridized carbons (Fsp3) is 0.417. The van der Waals surface area contributed by atoms with Crippen LogP contribution in [0.2, 0.25) is 0 Å². The van der Waals surface area contributed by atoms with E-state index in [1.165, 1.54) is 7.05 Å². The van der Waals surface area contributed by atoms with Gasteiger partial charge in [0.05, 0.1) is 13.7 Å². The molecule has 1 aromatic heterocycles. The maximum Gasteiger partial charge on any atom is 0.354 e. The number of nitrogens with zero attached hydrogens (tertiary/aromatic N) is 1. The van der Waals surface area contributed by atoms with E-state index >= 15 is 0 Å². The van der Waals surface area contributed by atoms with Crippen LogP contribution in [0, 0.1) is 0 Å². The second kappa shape index (κ2) is 7.18. The lowest BCUT2D eigenvalue weighted by Gasteiger charge is -2.05. The maximum atomic E-state index is 12.1. The van der Waals surface area contributed by atoms with Crippen molar-refractivity contribution in [2.75, 3.05) is 20.3 Å². The quantitative estimate of drug-likeness (QED) is 0.526. The van der Waals surface area contributed by atoms with E-state index in [-0.39, 0.29) is 18.0 Å². The zero-order chi connectivity index (χ0) is 16.9. The molecule has 1 aromatic rings. The van der Waals surface area contributed by atoms with E-state index in [0.29, 0.717) is 6.29 Å². The number of hydrogen-bond acceptors (Lipinski definition) is 7. The van der Waals surface area contributed by atoms with Gasteiger partial charge in [-0.05, 0) is 13.0 Å². The molecule has 0 aliphatic heterocycles. The Hall–Kier alpha value is -2.20. The molecule has 0 amide bonds. The number of rotatable bonds is 7. The first-order valence-corrected chi connectivity index (χ1v) is 7.65. The summed E-state index contributed by atoms with van der Waals surface area (Å²) in [5.74, 6) is -1.56. The van der Waals surface area contributed by atoms with Crippen molar-refractivity contribution in [2.24, 2.45) is 7.05 Å². The Morgan fingerprint density at radius 2 is 2.05 bits per heavy atom. The summed E-state index contributed by atoms with van der Waals surface area (Å²) in [6.07, 6.45) is 0.301. The topological polar surface area (TPSA) is 121 Å². The third-order valence-corrected chi connectivity index (χ3v) is 4.19. The molecule has 0 saturated heterocycles. The maximum absolute atomic E-state index is 12.1. The van der Waals surface area contributed by atoms with E-state index in [0.717, 1.165) is 17.7 Å². The highest BCUT2D eigenvalue weighted by atomic mass is 32.2. The Morgan fingerprint density at radius 3 is 2.55 bits per heavy atom. The molecule has 0 aromatic carbocycles. The van der Waals surface area contributed by atoms with Crippen LogP contribution in [0.4, 0.5) is 0 Å².